The Labute approximate surface area is 181 Å². The van der Waals surface area contributed by atoms with Crippen LogP contribution < -0.4 is 4.74 Å². The molecule has 1 saturated heterocycles. The van der Waals surface area contributed by atoms with Crippen LogP contribution in [0.3, 0.4) is 0 Å². The molecule has 1 aliphatic heterocycles. The lowest BCUT2D eigenvalue weighted by Crippen LogP contribution is -2.40. The van der Waals surface area contributed by atoms with E-state index in [1.54, 1.807) is 24.5 Å². The molecule has 1 fully saturated rings. The molecular weight excluding hydrogens is 395 g/mol. The van der Waals surface area contributed by atoms with Gasteiger partial charge in [0.15, 0.2) is 11.6 Å². The maximum absolute atomic E-state index is 14.1. The molecule has 0 aliphatic carbocycles. The summed E-state index contributed by atoms with van der Waals surface area (Å²) in [6.07, 6.45) is 8.21. The maximum Gasteiger partial charge on any atom is 0.227 e. The van der Waals surface area contributed by atoms with Crippen molar-refractivity contribution in [1.82, 2.24) is 19.9 Å². The number of hydrogen-bond donors (Lipinski definition) is 0. The Morgan fingerprint density at radius 2 is 2.03 bits per heavy atom. The minimum absolute atomic E-state index is 0.0359. The third kappa shape index (κ3) is 4.55. The Hall–Kier alpha value is -3.35. The second kappa shape index (κ2) is 9.20. The number of carbonyl (C=O) groups excluding carboxylic acids is 1. The first-order valence-electron chi connectivity index (χ1n) is 10.4. The monoisotopic (exact) mass is 420 g/mol. The van der Waals surface area contributed by atoms with E-state index in [9.17, 15) is 9.18 Å². The van der Waals surface area contributed by atoms with Crippen molar-refractivity contribution in [1.29, 1.82) is 0 Å². The molecule has 4 rings (SSSR count). The van der Waals surface area contributed by atoms with Crippen molar-refractivity contribution in [2.24, 2.45) is 0 Å². The standard InChI is InChI=1S/C24H25FN4O2/c1-16-27-15-19(18-8-10-26-11-9-18)24(28-16)21-5-3-4-12-29(21)23(30)14-17-6-7-22(31-2)20(25)13-17/h6-11,13,15,21H,3-5,12,14H2,1-2H3/t21-/m1/s1. The number of ether oxygens (including phenoxy) is 1. The van der Waals surface area contributed by atoms with Gasteiger partial charge in [0.2, 0.25) is 5.91 Å². The summed E-state index contributed by atoms with van der Waals surface area (Å²) in [7, 11) is 1.42. The van der Waals surface area contributed by atoms with Crippen molar-refractivity contribution in [3.63, 3.8) is 0 Å². The van der Waals surface area contributed by atoms with Gasteiger partial charge in [0.25, 0.3) is 0 Å². The minimum Gasteiger partial charge on any atom is -0.494 e. The predicted octanol–water partition coefficient (Wildman–Crippen LogP) is 4.29. The third-order valence-corrected chi connectivity index (χ3v) is 5.64. The van der Waals surface area contributed by atoms with Crippen LogP contribution in [0.5, 0.6) is 5.75 Å². The lowest BCUT2D eigenvalue weighted by atomic mass is 9.93. The number of rotatable bonds is 5. The molecule has 0 saturated carbocycles. The highest BCUT2D eigenvalue weighted by atomic mass is 19.1. The molecule has 0 unspecified atom stereocenters. The topological polar surface area (TPSA) is 68.2 Å². The van der Waals surface area contributed by atoms with Crippen LogP contribution in [-0.4, -0.2) is 39.4 Å². The van der Waals surface area contributed by atoms with Crippen molar-refractivity contribution in [3.8, 4) is 16.9 Å². The van der Waals surface area contributed by atoms with E-state index in [4.69, 9.17) is 9.72 Å². The summed E-state index contributed by atoms with van der Waals surface area (Å²) in [5.74, 6) is 0.342. The van der Waals surface area contributed by atoms with Crippen LogP contribution in [0.15, 0.2) is 48.9 Å². The summed E-state index contributed by atoms with van der Waals surface area (Å²) in [5.41, 5.74) is 3.36. The first kappa shape index (κ1) is 20.9. The highest BCUT2D eigenvalue weighted by molar-refractivity contribution is 5.80. The summed E-state index contributed by atoms with van der Waals surface area (Å²) >= 11 is 0. The summed E-state index contributed by atoms with van der Waals surface area (Å²) in [4.78, 5) is 28.4. The molecule has 3 heterocycles. The molecule has 1 aromatic carbocycles. The van der Waals surface area contributed by atoms with Crippen LogP contribution >= 0.6 is 0 Å². The number of aromatic nitrogens is 3. The summed E-state index contributed by atoms with van der Waals surface area (Å²) in [6.45, 7) is 2.51. The second-order valence-electron chi connectivity index (χ2n) is 7.70. The molecule has 1 amide bonds. The Bertz CT molecular complexity index is 1070. The molecule has 1 aliphatic rings. The molecule has 2 aromatic heterocycles. The van der Waals surface area contributed by atoms with E-state index in [1.165, 1.54) is 13.2 Å². The van der Waals surface area contributed by atoms with Crippen LogP contribution in [-0.2, 0) is 11.2 Å². The van der Waals surface area contributed by atoms with Crippen molar-refractivity contribution < 1.29 is 13.9 Å². The van der Waals surface area contributed by atoms with Crippen LogP contribution in [0.4, 0.5) is 4.39 Å². The number of pyridine rings is 1. The highest BCUT2D eigenvalue weighted by Gasteiger charge is 2.31. The van der Waals surface area contributed by atoms with E-state index in [2.05, 4.69) is 9.97 Å². The first-order valence-corrected chi connectivity index (χ1v) is 10.4. The molecule has 1 atom stereocenters. The fourth-order valence-electron chi connectivity index (χ4n) is 4.11. The summed E-state index contributed by atoms with van der Waals surface area (Å²) in [5, 5.41) is 0. The summed E-state index contributed by atoms with van der Waals surface area (Å²) < 4.78 is 19.1. The van der Waals surface area contributed by atoms with Gasteiger partial charge < -0.3 is 9.64 Å². The number of piperidine rings is 1. The molecule has 3 aromatic rings. The van der Waals surface area contributed by atoms with Crippen molar-refractivity contribution in [3.05, 3.63) is 71.8 Å². The second-order valence-corrected chi connectivity index (χ2v) is 7.70. The minimum atomic E-state index is -0.464. The zero-order valence-corrected chi connectivity index (χ0v) is 17.7. The van der Waals surface area contributed by atoms with Gasteiger partial charge in [-0.3, -0.25) is 9.78 Å². The molecule has 6 nitrogen and oxygen atoms in total. The molecule has 160 valence electrons. The maximum atomic E-state index is 14.1. The normalized spacial score (nSPS) is 16.2. The van der Waals surface area contributed by atoms with Gasteiger partial charge in [-0.05, 0) is 61.6 Å². The SMILES string of the molecule is COc1ccc(CC(=O)N2CCCC[C@@H]2c2nc(C)ncc2-c2ccncc2)cc1F. The van der Waals surface area contributed by atoms with Gasteiger partial charge >= 0.3 is 0 Å². The molecular formula is C24H25FN4O2. The van der Waals surface area contributed by atoms with E-state index in [0.29, 0.717) is 17.9 Å². The Morgan fingerprint density at radius 3 is 2.77 bits per heavy atom. The van der Waals surface area contributed by atoms with Crippen LogP contribution in [0, 0.1) is 12.7 Å². The van der Waals surface area contributed by atoms with Gasteiger partial charge in [0.1, 0.15) is 5.82 Å². The lowest BCUT2D eigenvalue weighted by Gasteiger charge is -2.36. The van der Waals surface area contributed by atoms with Gasteiger partial charge in [0, 0.05) is 30.7 Å². The molecule has 0 radical (unpaired) electrons. The molecule has 31 heavy (non-hydrogen) atoms. The quantitative estimate of drug-likeness (QED) is 0.616. The third-order valence-electron chi connectivity index (χ3n) is 5.64. The van der Waals surface area contributed by atoms with E-state index >= 15 is 0 Å². The van der Waals surface area contributed by atoms with Gasteiger partial charge in [-0.2, -0.15) is 0 Å². The molecule has 0 bridgehead atoms. The largest absolute Gasteiger partial charge is 0.494 e. The van der Waals surface area contributed by atoms with Crippen LogP contribution in [0.25, 0.3) is 11.1 Å². The number of aryl methyl sites for hydroxylation is 1. The van der Waals surface area contributed by atoms with Gasteiger partial charge in [-0.15, -0.1) is 0 Å². The first-order chi connectivity index (χ1) is 15.1. The predicted molar refractivity (Wildman–Crippen MR) is 115 cm³/mol. The summed E-state index contributed by atoms with van der Waals surface area (Å²) in [6, 6.07) is 8.36. The number of likely N-dealkylation sites (tertiary alicyclic amines) is 1. The zero-order valence-electron chi connectivity index (χ0n) is 17.7. The van der Waals surface area contributed by atoms with Crippen molar-refractivity contribution >= 4 is 5.91 Å². The fourth-order valence-corrected chi connectivity index (χ4v) is 4.11. The number of benzene rings is 1. The number of amides is 1. The van der Waals surface area contributed by atoms with E-state index in [-0.39, 0.29) is 24.1 Å². The van der Waals surface area contributed by atoms with Gasteiger partial charge in [0.05, 0.1) is 25.3 Å². The van der Waals surface area contributed by atoms with Crippen LogP contribution in [0.1, 0.15) is 42.4 Å². The molecule has 0 spiro atoms. The number of halogens is 1. The van der Waals surface area contributed by atoms with Crippen LogP contribution in [0.2, 0.25) is 0 Å². The Balaban J connectivity index is 1.64. The smallest absolute Gasteiger partial charge is 0.227 e. The number of methoxy groups -OCH3 is 1. The Morgan fingerprint density at radius 1 is 1.23 bits per heavy atom. The molecule has 7 heteroatoms. The highest BCUT2D eigenvalue weighted by Crippen LogP contribution is 2.36. The molecule has 0 N–H and O–H groups in total. The average Bonchev–Trinajstić information content (AvgIpc) is 2.80. The van der Waals surface area contributed by atoms with Crippen molar-refractivity contribution in [2.45, 2.75) is 38.6 Å². The van der Waals surface area contributed by atoms with E-state index < -0.39 is 5.82 Å². The average molecular weight is 420 g/mol. The van der Waals surface area contributed by atoms with Gasteiger partial charge in [-0.25, -0.2) is 14.4 Å². The van der Waals surface area contributed by atoms with Crippen molar-refractivity contribution in [2.75, 3.05) is 13.7 Å². The number of carbonyl (C=O) groups is 1. The van der Waals surface area contributed by atoms with E-state index in [1.807, 2.05) is 30.2 Å². The number of hydrogen-bond acceptors (Lipinski definition) is 5. The zero-order chi connectivity index (χ0) is 21.8. The fraction of sp³-hybridized carbons (Fsp3) is 0.333. The number of nitrogens with zero attached hydrogens (tertiary/aromatic N) is 4. The van der Waals surface area contributed by atoms with Gasteiger partial charge in [-0.1, -0.05) is 6.07 Å². The van der Waals surface area contributed by atoms with E-state index in [0.717, 1.165) is 36.1 Å². The Kier molecular flexibility index (Phi) is 6.21. The lowest BCUT2D eigenvalue weighted by molar-refractivity contribution is -0.134.